The molecular weight excluding hydrogens is 407 g/mol. The molecule has 2 N–H and O–H groups in total. The molecule has 0 aromatic heterocycles. The van der Waals surface area contributed by atoms with Crippen LogP contribution in [0.4, 0.5) is 11.4 Å². The van der Waals surface area contributed by atoms with Gasteiger partial charge in [-0.25, -0.2) is 0 Å². The molecule has 0 fully saturated rings. The third-order valence-electron chi connectivity index (χ3n) is 3.09. The highest BCUT2D eigenvalue weighted by molar-refractivity contribution is 7.99. The lowest BCUT2D eigenvalue weighted by molar-refractivity contribution is -0.111. The molecule has 0 amide bonds. The van der Waals surface area contributed by atoms with Gasteiger partial charge in [-0.3, -0.25) is 20.4 Å². The molecule has 0 heterocycles. The van der Waals surface area contributed by atoms with Gasteiger partial charge in [0.25, 0.3) is 0 Å². The zero-order valence-corrected chi connectivity index (χ0v) is 16.8. The Morgan fingerprint density at radius 3 is 1.37 bits per heavy atom. The lowest BCUT2D eigenvalue weighted by Crippen LogP contribution is -2.04. The number of carbonyl (C=O) groups excluding carboxylic acids is 2. The van der Waals surface area contributed by atoms with E-state index in [1.165, 1.54) is 13.8 Å². The van der Waals surface area contributed by atoms with Crippen LogP contribution in [-0.4, -0.2) is 21.9 Å². The first kappa shape index (κ1) is 21.0. The number of ketones is 2. The third-order valence-corrected chi connectivity index (χ3v) is 4.81. The number of Topliss-reactive ketones (excluding diaryl/α,β-unsaturated/α-hetero) is 2. The quantitative estimate of drug-likeness (QED) is 0.464. The minimum atomic E-state index is -0.302. The molecule has 0 saturated carbocycles. The Balaban J connectivity index is 1.95. The number of rotatable bonds is 8. The van der Waals surface area contributed by atoms with E-state index in [-0.39, 0.29) is 21.9 Å². The fourth-order valence-corrected chi connectivity index (χ4v) is 2.62. The molecule has 27 heavy (non-hydrogen) atoms. The number of hydrogen-bond acceptors (Lipinski definition) is 7. The highest BCUT2D eigenvalue weighted by Gasteiger charge is 2.03. The molecule has 2 aromatic rings. The number of carbonyl (C=O) groups is 2. The van der Waals surface area contributed by atoms with Crippen LogP contribution >= 0.6 is 35.0 Å². The van der Waals surface area contributed by atoms with Crippen LogP contribution in [0, 0.1) is 0 Å². The second-order valence-electron chi connectivity index (χ2n) is 5.29. The molecule has 0 aliphatic rings. The van der Waals surface area contributed by atoms with Crippen LogP contribution in [0.2, 0.25) is 0 Å². The van der Waals surface area contributed by atoms with Crippen LogP contribution < -0.4 is 10.9 Å². The van der Waals surface area contributed by atoms with Gasteiger partial charge in [0.05, 0.1) is 11.4 Å². The van der Waals surface area contributed by atoms with Crippen molar-refractivity contribution in [3.8, 4) is 0 Å². The van der Waals surface area contributed by atoms with Crippen molar-refractivity contribution >= 4 is 68.2 Å². The fraction of sp³-hybridized carbons (Fsp3) is 0.111. The van der Waals surface area contributed by atoms with Gasteiger partial charge in [-0.1, -0.05) is 35.0 Å². The third kappa shape index (κ3) is 7.05. The molecule has 0 spiro atoms. The second-order valence-corrected chi connectivity index (χ2v) is 7.15. The van der Waals surface area contributed by atoms with Crippen molar-refractivity contribution in [2.75, 3.05) is 10.9 Å². The first-order valence-electron chi connectivity index (χ1n) is 7.73. The van der Waals surface area contributed by atoms with Crippen molar-refractivity contribution < 1.29 is 9.59 Å². The molecule has 6 nitrogen and oxygen atoms in total. The number of nitrogens with one attached hydrogen (secondary N) is 2. The van der Waals surface area contributed by atoms with Crippen molar-refractivity contribution in [1.82, 2.24) is 0 Å². The van der Waals surface area contributed by atoms with Crippen molar-refractivity contribution in [1.29, 1.82) is 0 Å². The smallest absolute Gasteiger partial charge is 0.191 e. The van der Waals surface area contributed by atoms with E-state index in [9.17, 15) is 9.59 Å². The molecule has 0 unspecified atom stereocenters. The van der Waals surface area contributed by atoms with Gasteiger partial charge < -0.3 is 0 Å². The van der Waals surface area contributed by atoms with Crippen LogP contribution in [0.15, 0.2) is 68.5 Å². The number of benzene rings is 2. The maximum Gasteiger partial charge on any atom is 0.191 e. The molecule has 0 bridgehead atoms. The standard InChI is InChI=1S/C18H16Cl2N4O2S/c1-11(25)17(19)23-21-13-3-7-15(8-4-13)27-16-9-5-14(6-10-16)22-24-18(20)12(2)26/h3-10,21-22H,1-2H3/b23-17-,24-18-. The predicted octanol–water partition coefficient (Wildman–Crippen LogP) is 4.94. The summed E-state index contributed by atoms with van der Waals surface area (Å²) in [5.74, 6) is -0.605. The Labute approximate surface area is 171 Å². The Hall–Kier alpha value is -2.35. The van der Waals surface area contributed by atoms with E-state index in [4.69, 9.17) is 23.2 Å². The summed E-state index contributed by atoms with van der Waals surface area (Å²) in [4.78, 5) is 24.1. The number of anilines is 2. The van der Waals surface area contributed by atoms with Crippen molar-refractivity contribution in [3.05, 3.63) is 48.5 Å². The summed E-state index contributed by atoms with van der Waals surface area (Å²) in [6.07, 6.45) is 0. The molecule has 2 rings (SSSR count). The molecule has 0 radical (unpaired) electrons. The predicted molar refractivity (Wildman–Crippen MR) is 112 cm³/mol. The van der Waals surface area contributed by atoms with Gasteiger partial charge in [0.15, 0.2) is 21.9 Å². The van der Waals surface area contributed by atoms with Crippen molar-refractivity contribution in [3.63, 3.8) is 0 Å². The summed E-state index contributed by atoms with van der Waals surface area (Å²) in [6.45, 7) is 2.69. The zero-order chi connectivity index (χ0) is 19.8. The molecule has 0 aliphatic carbocycles. The van der Waals surface area contributed by atoms with E-state index < -0.39 is 0 Å². The average Bonchev–Trinajstić information content (AvgIpc) is 2.66. The van der Waals surface area contributed by atoms with Crippen LogP contribution in [0.1, 0.15) is 13.8 Å². The molecule has 9 heteroatoms. The van der Waals surface area contributed by atoms with Crippen LogP contribution in [0.25, 0.3) is 0 Å². The molecule has 2 aromatic carbocycles. The van der Waals surface area contributed by atoms with Crippen molar-refractivity contribution in [2.45, 2.75) is 23.6 Å². The summed E-state index contributed by atoms with van der Waals surface area (Å²) in [6, 6.07) is 15.0. The summed E-state index contributed by atoms with van der Waals surface area (Å²) in [5, 5.41) is 7.37. The van der Waals surface area contributed by atoms with E-state index in [2.05, 4.69) is 21.1 Å². The van der Waals surface area contributed by atoms with Gasteiger partial charge in [-0.05, 0) is 48.5 Å². The van der Waals surface area contributed by atoms with E-state index in [1.807, 2.05) is 48.5 Å². The fourth-order valence-electron chi connectivity index (χ4n) is 1.72. The lowest BCUT2D eigenvalue weighted by atomic mass is 10.3. The minimum Gasteiger partial charge on any atom is -0.292 e. The van der Waals surface area contributed by atoms with E-state index in [0.29, 0.717) is 0 Å². The Morgan fingerprint density at radius 1 is 0.741 bits per heavy atom. The normalized spacial score (nSPS) is 11.9. The lowest BCUT2D eigenvalue weighted by Gasteiger charge is -2.06. The van der Waals surface area contributed by atoms with Crippen molar-refractivity contribution in [2.24, 2.45) is 10.2 Å². The second kappa shape index (κ2) is 10.1. The van der Waals surface area contributed by atoms with E-state index >= 15 is 0 Å². The van der Waals surface area contributed by atoms with Gasteiger partial charge in [0.1, 0.15) is 0 Å². The van der Waals surface area contributed by atoms with E-state index in [0.717, 1.165) is 21.2 Å². The molecule has 0 atom stereocenters. The maximum absolute atomic E-state index is 11.0. The average molecular weight is 423 g/mol. The Bertz CT molecular complexity index is 808. The number of halogens is 2. The topological polar surface area (TPSA) is 82.9 Å². The van der Waals surface area contributed by atoms with Gasteiger partial charge in [0.2, 0.25) is 0 Å². The molecule has 0 aliphatic heterocycles. The molecule has 140 valence electrons. The highest BCUT2D eigenvalue weighted by Crippen LogP contribution is 2.29. The van der Waals surface area contributed by atoms with Crippen LogP contribution in [0.5, 0.6) is 0 Å². The van der Waals surface area contributed by atoms with Crippen LogP contribution in [-0.2, 0) is 9.59 Å². The summed E-state index contributed by atoms with van der Waals surface area (Å²) >= 11 is 12.9. The minimum absolute atomic E-state index is 0.101. The first-order chi connectivity index (χ1) is 12.8. The largest absolute Gasteiger partial charge is 0.292 e. The van der Waals surface area contributed by atoms with Crippen LogP contribution in [0.3, 0.4) is 0 Å². The highest BCUT2D eigenvalue weighted by atomic mass is 35.5. The molecular formula is C18H16Cl2N4O2S. The summed E-state index contributed by atoms with van der Waals surface area (Å²) in [7, 11) is 0. The van der Waals surface area contributed by atoms with Gasteiger partial charge >= 0.3 is 0 Å². The number of nitrogens with zero attached hydrogens (tertiary/aromatic N) is 2. The summed E-state index contributed by atoms with van der Waals surface area (Å²) in [5.41, 5.74) is 6.89. The SMILES string of the molecule is CC(=O)/C(Cl)=N/Nc1ccc(Sc2ccc(N/N=C(\Cl)C(C)=O)cc2)cc1. The monoisotopic (exact) mass is 422 g/mol. The van der Waals surface area contributed by atoms with Gasteiger partial charge in [-0.15, -0.1) is 0 Å². The number of hydrogen-bond donors (Lipinski definition) is 2. The van der Waals surface area contributed by atoms with E-state index in [1.54, 1.807) is 11.8 Å². The summed E-state index contributed by atoms with van der Waals surface area (Å²) < 4.78 is 0. The molecule has 0 saturated heterocycles. The van der Waals surface area contributed by atoms with Gasteiger partial charge in [-0.2, -0.15) is 10.2 Å². The number of hydrazone groups is 2. The maximum atomic E-state index is 11.0. The van der Waals surface area contributed by atoms with Gasteiger partial charge in [0, 0.05) is 23.6 Å². The Morgan fingerprint density at radius 2 is 1.07 bits per heavy atom. The Kier molecular flexibility index (Phi) is 7.84. The first-order valence-corrected chi connectivity index (χ1v) is 9.30. The zero-order valence-electron chi connectivity index (χ0n) is 14.5.